The first-order valence-electron chi connectivity index (χ1n) is 6.63. The van der Waals surface area contributed by atoms with E-state index in [1.54, 1.807) is 6.92 Å². The predicted octanol–water partition coefficient (Wildman–Crippen LogP) is 3.28. The summed E-state index contributed by atoms with van der Waals surface area (Å²) in [6, 6.07) is 10.3. The molecule has 106 valence electrons. The van der Waals surface area contributed by atoms with Crippen molar-refractivity contribution in [2.24, 2.45) is 0 Å². The van der Waals surface area contributed by atoms with Gasteiger partial charge in [0.1, 0.15) is 4.88 Å². The number of benzene rings is 1. The lowest BCUT2D eigenvalue weighted by molar-refractivity contribution is 0.0531. The van der Waals surface area contributed by atoms with Crippen molar-refractivity contribution in [1.82, 2.24) is 4.98 Å². The summed E-state index contributed by atoms with van der Waals surface area (Å²) < 4.78 is 5.00. The van der Waals surface area contributed by atoms with E-state index in [9.17, 15) is 4.79 Å². The van der Waals surface area contributed by atoms with Gasteiger partial charge in [0.05, 0.1) is 12.3 Å². The number of ether oxygens (including phenoxy) is 1. The van der Waals surface area contributed by atoms with Crippen molar-refractivity contribution < 1.29 is 9.53 Å². The lowest BCUT2D eigenvalue weighted by Crippen LogP contribution is -2.04. The van der Waals surface area contributed by atoms with E-state index in [2.05, 4.69) is 22.4 Å². The summed E-state index contributed by atoms with van der Waals surface area (Å²) in [7, 11) is 0. The van der Waals surface area contributed by atoms with E-state index < -0.39 is 0 Å². The monoisotopic (exact) mass is 290 g/mol. The standard InChI is InChI=1S/C15H18N2O2S/c1-3-19-14(18)13-11(2)17-15(20-13)16-10-9-12-7-5-4-6-8-12/h4-8H,3,9-10H2,1-2H3,(H,16,17). The number of hydrogen-bond donors (Lipinski definition) is 1. The van der Waals surface area contributed by atoms with Crippen molar-refractivity contribution in [3.05, 3.63) is 46.5 Å². The van der Waals surface area contributed by atoms with Gasteiger partial charge in [-0.2, -0.15) is 0 Å². The lowest BCUT2D eigenvalue weighted by atomic mass is 10.2. The van der Waals surface area contributed by atoms with E-state index in [0.29, 0.717) is 11.5 Å². The molecule has 0 unspecified atom stereocenters. The van der Waals surface area contributed by atoms with Crippen LogP contribution in [0.3, 0.4) is 0 Å². The van der Waals surface area contributed by atoms with Gasteiger partial charge in [0.25, 0.3) is 0 Å². The number of anilines is 1. The maximum absolute atomic E-state index is 11.7. The molecular formula is C15H18N2O2S. The van der Waals surface area contributed by atoms with E-state index in [-0.39, 0.29) is 5.97 Å². The maximum Gasteiger partial charge on any atom is 0.350 e. The molecule has 0 aliphatic heterocycles. The molecule has 0 amide bonds. The average Bonchev–Trinajstić information content (AvgIpc) is 2.81. The summed E-state index contributed by atoms with van der Waals surface area (Å²) >= 11 is 1.35. The molecule has 0 atom stereocenters. The van der Waals surface area contributed by atoms with Crippen LogP contribution in [0.2, 0.25) is 0 Å². The Kier molecular flexibility index (Phi) is 5.12. The molecular weight excluding hydrogens is 272 g/mol. The molecule has 0 radical (unpaired) electrons. The van der Waals surface area contributed by atoms with Crippen molar-refractivity contribution in [1.29, 1.82) is 0 Å². The number of thiazole rings is 1. The number of nitrogens with one attached hydrogen (secondary N) is 1. The second-order valence-corrected chi connectivity index (χ2v) is 5.32. The molecule has 2 rings (SSSR count). The van der Waals surface area contributed by atoms with Crippen LogP contribution < -0.4 is 5.32 Å². The van der Waals surface area contributed by atoms with E-state index in [1.165, 1.54) is 16.9 Å². The molecule has 0 spiro atoms. The number of esters is 1. The SMILES string of the molecule is CCOC(=O)c1sc(NCCc2ccccc2)nc1C. The first kappa shape index (κ1) is 14.5. The fourth-order valence-electron chi connectivity index (χ4n) is 1.82. The molecule has 1 N–H and O–H groups in total. The molecule has 1 aromatic heterocycles. The van der Waals surface area contributed by atoms with Crippen LogP contribution in [0.4, 0.5) is 5.13 Å². The average molecular weight is 290 g/mol. The summed E-state index contributed by atoms with van der Waals surface area (Å²) in [4.78, 5) is 16.6. The molecule has 0 aliphatic carbocycles. The zero-order valence-electron chi connectivity index (χ0n) is 11.7. The van der Waals surface area contributed by atoms with Crippen LogP contribution in [-0.2, 0) is 11.2 Å². The number of carbonyl (C=O) groups is 1. The Balaban J connectivity index is 1.91. The Morgan fingerprint density at radius 1 is 1.35 bits per heavy atom. The molecule has 1 aromatic carbocycles. The van der Waals surface area contributed by atoms with Gasteiger partial charge in [-0.15, -0.1) is 0 Å². The first-order valence-corrected chi connectivity index (χ1v) is 7.44. The second-order valence-electron chi connectivity index (χ2n) is 4.32. The number of aromatic nitrogens is 1. The van der Waals surface area contributed by atoms with E-state index in [0.717, 1.165) is 23.8 Å². The van der Waals surface area contributed by atoms with Crippen LogP contribution in [0, 0.1) is 6.92 Å². The largest absolute Gasteiger partial charge is 0.462 e. The zero-order chi connectivity index (χ0) is 14.4. The molecule has 4 nitrogen and oxygen atoms in total. The zero-order valence-corrected chi connectivity index (χ0v) is 12.5. The Morgan fingerprint density at radius 3 is 2.80 bits per heavy atom. The van der Waals surface area contributed by atoms with Crippen LogP contribution in [0.25, 0.3) is 0 Å². The molecule has 20 heavy (non-hydrogen) atoms. The van der Waals surface area contributed by atoms with Crippen LogP contribution >= 0.6 is 11.3 Å². The van der Waals surface area contributed by atoms with Gasteiger partial charge in [0, 0.05) is 6.54 Å². The van der Waals surface area contributed by atoms with Gasteiger partial charge < -0.3 is 10.1 Å². The van der Waals surface area contributed by atoms with E-state index in [4.69, 9.17) is 4.74 Å². The summed E-state index contributed by atoms with van der Waals surface area (Å²) in [6.07, 6.45) is 0.925. The number of aryl methyl sites for hydroxylation is 1. The minimum Gasteiger partial charge on any atom is -0.462 e. The summed E-state index contributed by atoms with van der Waals surface area (Å²) in [5.41, 5.74) is 1.99. The summed E-state index contributed by atoms with van der Waals surface area (Å²) in [5, 5.41) is 4.02. The van der Waals surface area contributed by atoms with Gasteiger partial charge in [0.15, 0.2) is 5.13 Å². The Labute approximate surface area is 122 Å². The van der Waals surface area contributed by atoms with Crippen molar-refractivity contribution in [3.63, 3.8) is 0 Å². The van der Waals surface area contributed by atoms with E-state index >= 15 is 0 Å². The van der Waals surface area contributed by atoms with Crippen LogP contribution in [-0.4, -0.2) is 24.1 Å². The molecule has 1 heterocycles. The third kappa shape index (κ3) is 3.81. The fraction of sp³-hybridized carbons (Fsp3) is 0.333. The third-order valence-corrected chi connectivity index (χ3v) is 3.89. The highest BCUT2D eigenvalue weighted by Gasteiger charge is 2.15. The lowest BCUT2D eigenvalue weighted by Gasteiger charge is -2.02. The topological polar surface area (TPSA) is 51.2 Å². The maximum atomic E-state index is 11.7. The van der Waals surface area contributed by atoms with Gasteiger partial charge in [-0.3, -0.25) is 0 Å². The van der Waals surface area contributed by atoms with Crippen molar-refractivity contribution in [3.8, 4) is 0 Å². The van der Waals surface area contributed by atoms with Gasteiger partial charge in [0.2, 0.25) is 0 Å². The number of hydrogen-bond acceptors (Lipinski definition) is 5. The van der Waals surface area contributed by atoms with Crippen molar-refractivity contribution >= 4 is 22.4 Å². The molecule has 0 bridgehead atoms. The second kappa shape index (κ2) is 7.05. The third-order valence-electron chi connectivity index (χ3n) is 2.79. The van der Waals surface area contributed by atoms with Crippen LogP contribution in [0.15, 0.2) is 30.3 Å². The van der Waals surface area contributed by atoms with Gasteiger partial charge in [-0.05, 0) is 25.8 Å². The highest BCUT2D eigenvalue weighted by atomic mass is 32.1. The van der Waals surface area contributed by atoms with Gasteiger partial charge in [-0.25, -0.2) is 9.78 Å². The molecule has 0 saturated heterocycles. The number of carbonyl (C=O) groups excluding carboxylic acids is 1. The summed E-state index contributed by atoms with van der Waals surface area (Å²) in [5.74, 6) is -0.293. The highest BCUT2D eigenvalue weighted by molar-refractivity contribution is 7.17. The molecule has 2 aromatic rings. The smallest absolute Gasteiger partial charge is 0.350 e. The molecule has 5 heteroatoms. The van der Waals surface area contributed by atoms with Gasteiger partial charge >= 0.3 is 5.97 Å². The minimum absolute atomic E-state index is 0.293. The fourth-order valence-corrected chi connectivity index (χ4v) is 2.70. The predicted molar refractivity (Wildman–Crippen MR) is 81.4 cm³/mol. The number of rotatable bonds is 6. The Hall–Kier alpha value is -1.88. The molecule has 0 saturated carbocycles. The Morgan fingerprint density at radius 2 is 2.10 bits per heavy atom. The van der Waals surface area contributed by atoms with Crippen molar-refractivity contribution in [2.45, 2.75) is 20.3 Å². The highest BCUT2D eigenvalue weighted by Crippen LogP contribution is 2.23. The first-order chi connectivity index (χ1) is 9.70. The normalized spacial score (nSPS) is 10.3. The summed E-state index contributed by atoms with van der Waals surface area (Å²) in [6.45, 7) is 4.80. The molecule has 0 fully saturated rings. The van der Waals surface area contributed by atoms with Gasteiger partial charge in [-0.1, -0.05) is 41.7 Å². The van der Waals surface area contributed by atoms with Crippen LogP contribution in [0.1, 0.15) is 27.9 Å². The van der Waals surface area contributed by atoms with Crippen molar-refractivity contribution in [2.75, 3.05) is 18.5 Å². The minimum atomic E-state index is -0.293. The Bertz CT molecular complexity index is 567. The number of nitrogens with zero attached hydrogens (tertiary/aromatic N) is 1. The van der Waals surface area contributed by atoms with Crippen LogP contribution in [0.5, 0.6) is 0 Å². The molecule has 0 aliphatic rings. The quantitative estimate of drug-likeness (QED) is 0.829. The van der Waals surface area contributed by atoms with E-state index in [1.807, 2.05) is 25.1 Å².